The molecule has 1 spiro atoms. The van der Waals surface area contributed by atoms with Crippen molar-refractivity contribution in [2.24, 2.45) is 4.99 Å². The number of piperidine rings is 1. The van der Waals surface area contributed by atoms with Crippen molar-refractivity contribution < 1.29 is 4.74 Å². The summed E-state index contributed by atoms with van der Waals surface area (Å²) < 4.78 is 7.28. The van der Waals surface area contributed by atoms with Crippen LogP contribution in [-0.4, -0.2) is 24.9 Å². The number of hydrogen-bond acceptors (Lipinski definition) is 4. The van der Waals surface area contributed by atoms with Gasteiger partial charge in [-0.3, -0.25) is 4.99 Å². The Labute approximate surface area is 140 Å². The molecule has 3 unspecified atom stereocenters. The van der Waals surface area contributed by atoms with Gasteiger partial charge < -0.3 is 10.1 Å². The zero-order valence-electron chi connectivity index (χ0n) is 13.0. The van der Waals surface area contributed by atoms with Crippen LogP contribution in [0.25, 0.3) is 0 Å². The normalized spacial score (nSPS) is 34.5. The van der Waals surface area contributed by atoms with E-state index in [-0.39, 0.29) is 5.60 Å². The van der Waals surface area contributed by atoms with Crippen LogP contribution >= 0.6 is 22.9 Å². The van der Waals surface area contributed by atoms with Crippen LogP contribution in [0.15, 0.2) is 22.3 Å². The Morgan fingerprint density at radius 3 is 3.09 bits per heavy atom. The Morgan fingerprint density at radius 1 is 1.45 bits per heavy atom. The average Bonchev–Trinajstić information content (AvgIpc) is 3.04. The number of fused-ring (bicyclic) bond motifs is 2. The van der Waals surface area contributed by atoms with E-state index >= 15 is 0 Å². The van der Waals surface area contributed by atoms with Gasteiger partial charge >= 0.3 is 0 Å². The molecule has 3 atom stereocenters. The molecule has 118 valence electrons. The highest BCUT2D eigenvalue weighted by Gasteiger charge is 2.46. The Hall–Kier alpha value is -0.680. The van der Waals surface area contributed by atoms with E-state index in [4.69, 9.17) is 16.3 Å². The molecule has 1 aromatic rings. The summed E-state index contributed by atoms with van der Waals surface area (Å²) in [6, 6.07) is 2.90. The quantitative estimate of drug-likeness (QED) is 0.839. The van der Waals surface area contributed by atoms with E-state index in [9.17, 15) is 0 Å². The van der Waals surface area contributed by atoms with Crippen LogP contribution in [0.2, 0.25) is 4.34 Å². The second kappa shape index (κ2) is 5.45. The monoisotopic (exact) mass is 336 g/mol. The maximum atomic E-state index is 6.39. The first-order chi connectivity index (χ1) is 10.6. The molecule has 1 aromatic heterocycles. The number of ether oxygens (including phenoxy) is 1. The second-order valence-corrected chi connectivity index (χ2v) is 8.34. The number of allylic oxidation sites excluding steroid dienone is 1. The Bertz CT molecular complexity index is 666. The standard InChI is InChI=1S/C17H21ClN2OS/c1-10-8-17(9-14(20-10)13-3-5-19-11(13)2)16-12(4-6-21-17)7-15(18)22-16/h5,7,10,14,20H,3-4,6,8-9H2,1-2H3. The molecule has 3 aliphatic heterocycles. The van der Waals surface area contributed by atoms with Gasteiger partial charge in [-0.25, -0.2) is 0 Å². The van der Waals surface area contributed by atoms with Crippen molar-refractivity contribution >= 4 is 29.2 Å². The highest BCUT2D eigenvalue weighted by Crippen LogP contribution is 2.48. The van der Waals surface area contributed by atoms with Crippen molar-refractivity contribution in [3.63, 3.8) is 0 Å². The zero-order valence-corrected chi connectivity index (χ0v) is 14.6. The zero-order chi connectivity index (χ0) is 15.3. The van der Waals surface area contributed by atoms with Crippen LogP contribution in [0, 0.1) is 0 Å². The van der Waals surface area contributed by atoms with Crippen LogP contribution in [-0.2, 0) is 16.8 Å². The van der Waals surface area contributed by atoms with Crippen molar-refractivity contribution in [2.75, 3.05) is 6.61 Å². The van der Waals surface area contributed by atoms with Gasteiger partial charge in [0.25, 0.3) is 0 Å². The summed E-state index contributed by atoms with van der Waals surface area (Å²) in [5, 5.41) is 3.75. The van der Waals surface area contributed by atoms with E-state index in [1.807, 2.05) is 6.21 Å². The molecule has 1 saturated heterocycles. The number of halogens is 1. The molecule has 1 fully saturated rings. The average molecular weight is 337 g/mol. The first-order valence-corrected chi connectivity index (χ1v) is 9.18. The molecule has 0 radical (unpaired) electrons. The number of aliphatic imine (C=N–C) groups is 1. The molecule has 22 heavy (non-hydrogen) atoms. The minimum Gasteiger partial charge on any atom is -0.369 e. The van der Waals surface area contributed by atoms with E-state index in [1.54, 1.807) is 11.3 Å². The van der Waals surface area contributed by atoms with Gasteiger partial charge in [0.05, 0.1) is 10.9 Å². The van der Waals surface area contributed by atoms with Crippen LogP contribution in [0.1, 0.15) is 43.6 Å². The summed E-state index contributed by atoms with van der Waals surface area (Å²) in [5.41, 5.74) is 3.81. The van der Waals surface area contributed by atoms with E-state index in [0.717, 1.165) is 36.6 Å². The molecule has 0 aromatic carbocycles. The molecule has 3 nitrogen and oxygen atoms in total. The van der Waals surface area contributed by atoms with Crippen molar-refractivity contribution in [3.05, 3.63) is 32.1 Å². The van der Waals surface area contributed by atoms with Crippen molar-refractivity contribution in [1.29, 1.82) is 0 Å². The van der Waals surface area contributed by atoms with Crippen molar-refractivity contribution in [1.82, 2.24) is 5.32 Å². The fourth-order valence-electron chi connectivity index (χ4n) is 4.19. The molecule has 1 N–H and O–H groups in total. The van der Waals surface area contributed by atoms with Gasteiger partial charge in [0.15, 0.2) is 0 Å². The van der Waals surface area contributed by atoms with Gasteiger partial charge in [0, 0.05) is 41.7 Å². The molecular formula is C17H21ClN2OS. The van der Waals surface area contributed by atoms with Crippen LogP contribution in [0.3, 0.4) is 0 Å². The third-order valence-corrected chi connectivity index (χ3v) is 6.57. The number of rotatable bonds is 1. The molecule has 5 heteroatoms. The lowest BCUT2D eigenvalue weighted by Gasteiger charge is -2.46. The fraction of sp³-hybridized carbons (Fsp3) is 0.588. The maximum Gasteiger partial charge on any atom is 0.106 e. The predicted octanol–water partition coefficient (Wildman–Crippen LogP) is 4.06. The van der Waals surface area contributed by atoms with Gasteiger partial charge in [0.2, 0.25) is 0 Å². The summed E-state index contributed by atoms with van der Waals surface area (Å²) >= 11 is 8.00. The molecule has 4 heterocycles. The summed E-state index contributed by atoms with van der Waals surface area (Å²) in [7, 11) is 0. The lowest BCUT2D eigenvalue weighted by atomic mass is 9.77. The molecule has 0 saturated carbocycles. The van der Waals surface area contributed by atoms with E-state index in [2.05, 4.69) is 30.2 Å². The third-order valence-electron chi connectivity index (χ3n) is 5.08. The largest absolute Gasteiger partial charge is 0.369 e. The van der Waals surface area contributed by atoms with E-state index in [0.29, 0.717) is 12.1 Å². The summed E-state index contributed by atoms with van der Waals surface area (Å²) in [5.74, 6) is 0. The van der Waals surface area contributed by atoms with Gasteiger partial charge in [-0.05, 0) is 43.9 Å². The lowest BCUT2D eigenvalue weighted by Crippen LogP contribution is -2.53. The molecule has 0 amide bonds. The molecule has 0 bridgehead atoms. The Balaban J connectivity index is 1.71. The van der Waals surface area contributed by atoms with Gasteiger partial charge in [-0.15, -0.1) is 11.3 Å². The SMILES string of the molecule is CC1=C(C2CC3(CC(C)N2)OCCc2cc(Cl)sc23)CC=N1. The molecule has 0 aliphatic carbocycles. The van der Waals surface area contributed by atoms with Gasteiger partial charge in [-0.1, -0.05) is 11.6 Å². The second-order valence-electron chi connectivity index (χ2n) is 6.65. The van der Waals surface area contributed by atoms with Crippen LogP contribution in [0.5, 0.6) is 0 Å². The van der Waals surface area contributed by atoms with E-state index < -0.39 is 0 Å². The highest BCUT2D eigenvalue weighted by molar-refractivity contribution is 7.16. The minimum atomic E-state index is -0.170. The Kier molecular flexibility index (Phi) is 3.68. The minimum absolute atomic E-state index is 0.170. The Morgan fingerprint density at radius 2 is 2.32 bits per heavy atom. The van der Waals surface area contributed by atoms with Gasteiger partial charge in [0.1, 0.15) is 5.60 Å². The summed E-state index contributed by atoms with van der Waals surface area (Å²) in [6.07, 6.45) is 5.97. The summed E-state index contributed by atoms with van der Waals surface area (Å²) in [4.78, 5) is 5.82. The first kappa shape index (κ1) is 14.9. The first-order valence-electron chi connectivity index (χ1n) is 7.98. The fourth-order valence-corrected chi connectivity index (χ4v) is 5.65. The topological polar surface area (TPSA) is 33.6 Å². The van der Waals surface area contributed by atoms with E-state index in [1.165, 1.54) is 21.7 Å². The molecular weight excluding hydrogens is 316 g/mol. The number of hydrogen-bond donors (Lipinski definition) is 1. The number of nitrogens with one attached hydrogen (secondary N) is 1. The molecule has 4 rings (SSSR count). The number of thiophene rings is 1. The highest BCUT2D eigenvalue weighted by atomic mass is 35.5. The third kappa shape index (κ3) is 2.37. The summed E-state index contributed by atoms with van der Waals surface area (Å²) in [6.45, 7) is 5.17. The molecule has 3 aliphatic rings. The number of nitrogens with zero attached hydrogens (tertiary/aromatic N) is 1. The lowest BCUT2D eigenvalue weighted by molar-refractivity contribution is -0.0919. The van der Waals surface area contributed by atoms with Crippen LogP contribution in [0.4, 0.5) is 0 Å². The van der Waals surface area contributed by atoms with Gasteiger partial charge in [-0.2, -0.15) is 0 Å². The van der Waals surface area contributed by atoms with Crippen LogP contribution < -0.4 is 5.32 Å². The van der Waals surface area contributed by atoms with Crippen molar-refractivity contribution in [3.8, 4) is 0 Å². The van der Waals surface area contributed by atoms with Crippen molar-refractivity contribution in [2.45, 2.75) is 57.2 Å². The smallest absolute Gasteiger partial charge is 0.106 e. The maximum absolute atomic E-state index is 6.39. The predicted molar refractivity (Wildman–Crippen MR) is 92.1 cm³/mol.